The van der Waals surface area contributed by atoms with E-state index in [1.165, 1.54) is 0 Å². The third-order valence-electron chi connectivity index (χ3n) is 3.22. The van der Waals surface area contributed by atoms with Crippen LogP contribution in [0.5, 0.6) is 0 Å². The van der Waals surface area contributed by atoms with Gasteiger partial charge >= 0.3 is 0 Å². The van der Waals surface area contributed by atoms with Gasteiger partial charge in [0.05, 0.1) is 18.3 Å². The predicted molar refractivity (Wildman–Crippen MR) is 58.2 cm³/mol. The van der Waals surface area contributed by atoms with Gasteiger partial charge in [0.2, 0.25) is 0 Å². The molecule has 2 N–H and O–H groups in total. The smallest absolute Gasteiger partial charge is 0.147 e. The summed E-state index contributed by atoms with van der Waals surface area (Å²) in [4.78, 5) is 0. The largest absolute Gasteiger partial charge is 0.388 e. The lowest BCUT2D eigenvalue weighted by atomic mass is 9.94. The molecule has 2 aliphatic heterocycles. The highest BCUT2D eigenvalue weighted by Gasteiger charge is 2.29. The summed E-state index contributed by atoms with van der Waals surface area (Å²) in [5.74, 6) is 0. The van der Waals surface area contributed by atoms with Crippen molar-refractivity contribution in [3.8, 4) is 0 Å². The van der Waals surface area contributed by atoms with E-state index in [9.17, 15) is 5.11 Å². The SMILES string of the molecule is OC1(CNCC2CCOCO2)CCOCC1. The lowest BCUT2D eigenvalue weighted by Gasteiger charge is -2.33. The summed E-state index contributed by atoms with van der Waals surface area (Å²) in [5.41, 5.74) is -0.594. The van der Waals surface area contributed by atoms with Crippen molar-refractivity contribution in [3.63, 3.8) is 0 Å². The van der Waals surface area contributed by atoms with E-state index in [-0.39, 0.29) is 6.10 Å². The van der Waals surface area contributed by atoms with Gasteiger partial charge < -0.3 is 24.6 Å². The van der Waals surface area contributed by atoms with Crippen molar-refractivity contribution in [2.75, 3.05) is 39.7 Å². The quantitative estimate of drug-likeness (QED) is 0.706. The first-order valence-corrected chi connectivity index (χ1v) is 5.99. The molecule has 0 amide bonds. The van der Waals surface area contributed by atoms with Crippen molar-refractivity contribution in [1.82, 2.24) is 5.32 Å². The fraction of sp³-hybridized carbons (Fsp3) is 1.00. The van der Waals surface area contributed by atoms with E-state index in [0.29, 0.717) is 39.4 Å². The Bertz CT molecular complexity index is 200. The van der Waals surface area contributed by atoms with Crippen LogP contribution in [0.25, 0.3) is 0 Å². The molecule has 2 rings (SSSR count). The first-order chi connectivity index (χ1) is 7.79. The maximum atomic E-state index is 10.2. The molecule has 0 aliphatic carbocycles. The first kappa shape index (κ1) is 12.3. The Balaban J connectivity index is 1.62. The highest BCUT2D eigenvalue weighted by molar-refractivity contribution is 4.83. The van der Waals surface area contributed by atoms with Crippen LogP contribution >= 0.6 is 0 Å². The van der Waals surface area contributed by atoms with Gasteiger partial charge in [0.15, 0.2) is 0 Å². The molecule has 0 aromatic heterocycles. The third kappa shape index (κ3) is 3.68. The van der Waals surface area contributed by atoms with Gasteiger partial charge in [-0.2, -0.15) is 0 Å². The van der Waals surface area contributed by atoms with Crippen LogP contribution in [-0.4, -0.2) is 56.5 Å². The molecule has 0 aromatic rings. The first-order valence-electron chi connectivity index (χ1n) is 5.99. The van der Waals surface area contributed by atoms with Crippen molar-refractivity contribution >= 4 is 0 Å². The Morgan fingerprint density at radius 2 is 2.00 bits per heavy atom. The lowest BCUT2D eigenvalue weighted by Crippen LogP contribution is -2.47. The van der Waals surface area contributed by atoms with Crippen LogP contribution in [0.1, 0.15) is 19.3 Å². The Hall–Kier alpha value is -0.200. The summed E-state index contributed by atoms with van der Waals surface area (Å²) >= 11 is 0. The predicted octanol–water partition coefficient (Wildman–Crippen LogP) is -0.120. The molecular formula is C11H21NO4. The van der Waals surface area contributed by atoms with E-state index in [1.807, 2.05) is 0 Å². The monoisotopic (exact) mass is 231 g/mol. The van der Waals surface area contributed by atoms with Crippen LogP contribution in [0.4, 0.5) is 0 Å². The number of aliphatic hydroxyl groups is 1. The second-order valence-corrected chi connectivity index (χ2v) is 4.57. The third-order valence-corrected chi connectivity index (χ3v) is 3.22. The van der Waals surface area contributed by atoms with Crippen molar-refractivity contribution < 1.29 is 19.3 Å². The number of hydrogen-bond acceptors (Lipinski definition) is 5. The lowest BCUT2D eigenvalue weighted by molar-refractivity contribution is -0.138. The molecule has 94 valence electrons. The summed E-state index contributed by atoms with van der Waals surface area (Å²) < 4.78 is 15.7. The molecule has 1 unspecified atom stereocenters. The van der Waals surface area contributed by atoms with Crippen LogP contribution in [0, 0.1) is 0 Å². The minimum absolute atomic E-state index is 0.220. The van der Waals surface area contributed by atoms with E-state index in [4.69, 9.17) is 14.2 Å². The van der Waals surface area contributed by atoms with Crippen LogP contribution < -0.4 is 5.32 Å². The van der Waals surface area contributed by atoms with Crippen molar-refractivity contribution in [2.45, 2.75) is 31.0 Å². The van der Waals surface area contributed by atoms with Gasteiger partial charge in [-0.3, -0.25) is 0 Å². The van der Waals surface area contributed by atoms with Gasteiger partial charge in [-0.05, 0) is 6.42 Å². The molecule has 0 saturated carbocycles. The van der Waals surface area contributed by atoms with E-state index < -0.39 is 5.60 Å². The summed E-state index contributed by atoms with van der Waals surface area (Å²) in [6.45, 7) is 3.89. The van der Waals surface area contributed by atoms with E-state index >= 15 is 0 Å². The standard InChI is InChI=1S/C11H21NO4/c13-11(2-5-14-6-3-11)8-12-7-10-1-4-15-9-16-10/h10,12-13H,1-9H2. The van der Waals surface area contributed by atoms with Gasteiger partial charge in [0, 0.05) is 39.1 Å². The number of rotatable bonds is 4. The van der Waals surface area contributed by atoms with Gasteiger partial charge in [-0.15, -0.1) is 0 Å². The van der Waals surface area contributed by atoms with Gasteiger partial charge in [0.25, 0.3) is 0 Å². The minimum Gasteiger partial charge on any atom is -0.388 e. The summed E-state index contributed by atoms with van der Waals surface area (Å²) in [6.07, 6.45) is 2.58. The van der Waals surface area contributed by atoms with Crippen LogP contribution in [0.3, 0.4) is 0 Å². The maximum absolute atomic E-state index is 10.2. The molecule has 0 aromatic carbocycles. The Morgan fingerprint density at radius 1 is 1.19 bits per heavy atom. The molecule has 0 spiro atoms. The molecule has 2 fully saturated rings. The Morgan fingerprint density at radius 3 is 2.69 bits per heavy atom. The summed E-state index contributed by atoms with van der Waals surface area (Å²) in [5, 5.41) is 13.5. The van der Waals surface area contributed by atoms with Gasteiger partial charge in [0.1, 0.15) is 6.79 Å². The molecule has 2 saturated heterocycles. The average molecular weight is 231 g/mol. The number of hydrogen-bond donors (Lipinski definition) is 2. The van der Waals surface area contributed by atoms with Crippen LogP contribution in [-0.2, 0) is 14.2 Å². The molecule has 2 aliphatic rings. The Kier molecular flexibility index (Phi) is 4.55. The van der Waals surface area contributed by atoms with Gasteiger partial charge in [-0.25, -0.2) is 0 Å². The van der Waals surface area contributed by atoms with Crippen LogP contribution in [0.15, 0.2) is 0 Å². The number of nitrogens with one attached hydrogen (secondary N) is 1. The van der Waals surface area contributed by atoms with Crippen molar-refractivity contribution in [3.05, 3.63) is 0 Å². The molecule has 1 atom stereocenters. The van der Waals surface area contributed by atoms with E-state index in [0.717, 1.165) is 19.6 Å². The zero-order chi connectivity index (χ0) is 11.3. The summed E-state index contributed by atoms with van der Waals surface area (Å²) in [6, 6.07) is 0. The fourth-order valence-electron chi connectivity index (χ4n) is 2.06. The second-order valence-electron chi connectivity index (χ2n) is 4.57. The second kappa shape index (κ2) is 5.93. The minimum atomic E-state index is -0.594. The highest BCUT2D eigenvalue weighted by Crippen LogP contribution is 2.19. The average Bonchev–Trinajstić information content (AvgIpc) is 2.31. The molecule has 0 bridgehead atoms. The molecule has 5 nitrogen and oxygen atoms in total. The molecular weight excluding hydrogens is 210 g/mol. The fourth-order valence-corrected chi connectivity index (χ4v) is 2.06. The topological polar surface area (TPSA) is 60.0 Å². The maximum Gasteiger partial charge on any atom is 0.147 e. The normalized spacial score (nSPS) is 30.2. The van der Waals surface area contributed by atoms with Crippen molar-refractivity contribution in [1.29, 1.82) is 0 Å². The van der Waals surface area contributed by atoms with E-state index in [1.54, 1.807) is 0 Å². The van der Waals surface area contributed by atoms with Crippen LogP contribution in [0.2, 0.25) is 0 Å². The summed E-state index contributed by atoms with van der Waals surface area (Å²) in [7, 11) is 0. The number of ether oxygens (including phenoxy) is 3. The Labute approximate surface area is 96.1 Å². The highest BCUT2D eigenvalue weighted by atomic mass is 16.7. The zero-order valence-corrected chi connectivity index (χ0v) is 9.61. The molecule has 16 heavy (non-hydrogen) atoms. The molecule has 5 heteroatoms. The van der Waals surface area contributed by atoms with Gasteiger partial charge in [-0.1, -0.05) is 0 Å². The zero-order valence-electron chi connectivity index (χ0n) is 9.61. The molecule has 2 heterocycles. The van der Waals surface area contributed by atoms with Crippen molar-refractivity contribution in [2.24, 2.45) is 0 Å². The van der Waals surface area contributed by atoms with E-state index in [2.05, 4.69) is 5.32 Å². The molecule has 0 radical (unpaired) electrons.